The fraction of sp³-hybridized carbons (Fsp3) is 0.900. The second-order valence-electron chi connectivity index (χ2n) is 4.38. The second kappa shape index (κ2) is 6.19. The van der Waals surface area contributed by atoms with Gasteiger partial charge in [-0.05, 0) is 12.5 Å². The molecule has 3 heteroatoms. The minimum atomic E-state index is -0.764. The summed E-state index contributed by atoms with van der Waals surface area (Å²) in [6.07, 6.45) is 0.888. The summed E-state index contributed by atoms with van der Waals surface area (Å²) in [4.78, 5) is 0. The number of nitrogens with zero attached hydrogens (tertiary/aromatic N) is 1. The first-order chi connectivity index (χ1) is 6.02. The first kappa shape index (κ1) is 12.7. The maximum atomic E-state index is 8.75. The first-order valence-corrected chi connectivity index (χ1v) is 7.37. The molecule has 1 N–H and O–H groups in total. The van der Waals surface area contributed by atoms with E-state index in [1.54, 1.807) is 0 Å². The Morgan fingerprint density at radius 3 is 1.92 bits per heavy atom. The maximum absolute atomic E-state index is 8.75. The molecule has 0 bridgehead atoms. The van der Waals surface area contributed by atoms with Gasteiger partial charge in [0.1, 0.15) is 0 Å². The Hall–Kier alpha value is -0.313. The molecule has 0 aromatic rings. The van der Waals surface area contributed by atoms with E-state index in [2.05, 4.69) is 39.8 Å². The van der Waals surface area contributed by atoms with Gasteiger partial charge >= 0.3 is 0 Å². The van der Waals surface area contributed by atoms with E-state index in [4.69, 9.17) is 5.21 Å². The Morgan fingerprint density at radius 2 is 1.69 bits per heavy atom. The summed E-state index contributed by atoms with van der Waals surface area (Å²) in [5, 5.41) is 12.1. The van der Waals surface area contributed by atoms with Crippen LogP contribution in [0, 0.1) is 0 Å². The van der Waals surface area contributed by atoms with Gasteiger partial charge in [0.05, 0.1) is 5.71 Å². The summed E-state index contributed by atoms with van der Waals surface area (Å²) in [5.74, 6) is 0. The van der Waals surface area contributed by atoms with Gasteiger partial charge in [-0.15, -0.1) is 0 Å². The predicted molar refractivity (Wildman–Crippen MR) is 61.7 cm³/mol. The van der Waals surface area contributed by atoms with Gasteiger partial charge in [-0.2, -0.15) is 0 Å². The zero-order valence-corrected chi connectivity index (χ0v) is 10.7. The molecule has 0 aliphatic heterocycles. The molecule has 0 aromatic carbocycles. The molecule has 0 saturated carbocycles. The Labute approximate surface area is 83.6 Å². The van der Waals surface area contributed by atoms with Crippen molar-refractivity contribution in [2.24, 2.45) is 5.16 Å². The van der Waals surface area contributed by atoms with E-state index in [1.807, 2.05) is 0 Å². The van der Waals surface area contributed by atoms with Crippen molar-refractivity contribution in [3.63, 3.8) is 0 Å². The molecule has 0 atom stereocenters. The molecule has 0 heterocycles. The van der Waals surface area contributed by atoms with E-state index in [-0.39, 0.29) is 0 Å². The van der Waals surface area contributed by atoms with Crippen LogP contribution in [0.2, 0.25) is 17.1 Å². The van der Waals surface area contributed by atoms with Crippen molar-refractivity contribution >= 4 is 14.5 Å². The lowest BCUT2D eigenvalue weighted by molar-refractivity contribution is 0.317. The molecular formula is C10H23NOSi. The van der Waals surface area contributed by atoms with Crippen LogP contribution in [0.5, 0.6) is 0 Å². The van der Waals surface area contributed by atoms with Crippen LogP contribution in [-0.2, 0) is 0 Å². The summed E-state index contributed by atoms with van der Waals surface area (Å²) in [7, 11) is -0.764. The van der Waals surface area contributed by atoms with Gasteiger partial charge in [0.15, 0.2) is 0 Å². The average Bonchev–Trinajstić information content (AvgIpc) is 2.05. The molecule has 0 spiro atoms. The van der Waals surface area contributed by atoms with E-state index in [0.29, 0.717) is 0 Å². The standard InChI is InChI=1S/C10H23NOSi/c1-6-10(11-12)7-13(8(2)3)9(4)5/h8-9,12-13H,6-7H2,1-5H3. The van der Waals surface area contributed by atoms with Gasteiger partial charge in [-0.1, -0.05) is 50.9 Å². The van der Waals surface area contributed by atoms with Gasteiger partial charge < -0.3 is 5.21 Å². The quantitative estimate of drug-likeness (QED) is 0.315. The van der Waals surface area contributed by atoms with E-state index in [1.165, 1.54) is 0 Å². The zero-order valence-electron chi connectivity index (χ0n) is 9.54. The summed E-state index contributed by atoms with van der Waals surface area (Å²) in [6.45, 7) is 11.2. The van der Waals surface area contributed by atoms with Crippen LogP contribution >= 0.6 is 0 Å². The van der Waals surface area contributed by atoms with Crippen LogP contribution < -0.4 is 0 Å². The molecule has 13 heavy (non-hydrogen) atoms. The lowest BCUT2D eigenvalue weighted by Gasteiger charge is -2.23. The van der Waals surface area contributed by atoms with E-state index >= 15 is 0 Å². The van der Waals surface area contributed by atoms with Crippen LogP contribution in [0.4, 0.5) is 0 Å². The topological polar surface area (TPSA) is 32.6 Å². The molecule has 0 saturated heterocycles. The highest BCUT2D eigenvalue weighted by Gasteiger charge is 2.20. The lowest BCUT2D eigenvalue weighted by atomic mass is 10.3. The highest BCUT2D eigenvalue weighted by atomic mass is 28.3. The van der Waals surface area contributed by atoms with Crippen LogP contribution in [0.25, 0.3) is 0 Å². The molecule has 0 unspecified atom stereocenters. The monoisotopic (exact) mass is 201 g/mol. The molecule has 0 rings (SSSR count). The fourth-order valence-corrected chi connectivity index (χ4v) is 5.17. The van der Waals surface area contributed by atoms with E-state index < -0.39 is 8.80 Å². The normalized spacial score (nSPS) is 13.4. The Kier molecular flexibility index (Phi) is 6.04. The van der Waals surface area contributed by atoms with Gasteiger partial charge in [-0.3, -0.25) is 0 Å². The first-order valence-electron chi connectivity index (χ1n) is 5.22. The summed E-state index contributed by atoms with van der Waals surface area (Å²) >= 11 is 0. The van der Waals surface area contributed by atoms with Crippen molar-refractivity contribution in [3.8, 4) is 0 Å². The van der Waals surface area contributed by atoms with Crippen molar-refractivity contribution in [1.29, 1.82) is 0 Å². The van der Waals surface area contributed by atoms with Crippen molar-refractivity contribution in [2.45, 2.75) is 58.2 Å². The Balaban J connectivity index is 4.25. The van der Waals surface area contributed by atoms with Crippen LogP contribution in [-0.4, -0.2) is 19.7 Å². The number of rotatable bonds is 5. The molecule has 2 nitrogen and oxygen atoms in total. The number of hydrogen-bond acceptors (Lipinski definition) is 2. The van der Waals surface area contributed by atoms with Gasteiger partial charge in [-0.25, -0.2) is 0 Å². The van der Waals surface area contributed by atoms with Crippen molar-refractivity contribution < 1.29 is 5.21 Å². The lowest BCUT2D eigenvalue weighted by Crippen LogP contribution is -2.24. The van der Waals surface area contributed by atoms with Crippen LogP contribution in [0.15, 0.2) is 5.16 Å². The van der Waals surface area contributed by atoms with Crippen molar-refractivity contribution in [3.05, 3.63) is 0 Å². The maximum Gasteiger partial charge on any atom is 0.0539 e. The van der Waals surface area contributed by atoms with E-state index in [0.717, 1.165) is 29.3 Å². The van der Waals surface area contributed by atoms with Crippen molar-refractivity contribution in [2.75, 3.05) is 0 Å². The largest absolute Gasteiger partial charge is 0.411 e. The SMILES string of the molecule is CCC(C[SiH](C(C)C)C(C)C)=NO. The number of oxime groups is 1. The van der Waals surface area contributed by atoms with Gasteiger partial charge in [0.2, 0.25) is 0 Å². The van der Waals surface area contributed by atoms with E-state index in [9.17, 15) is 0 Å². The summed E-state index contributed by atoms with van der Waals surface area (Å²) in [6, 6.07) is 1.07. The molecule has 0 fully saturated rings. The molecular weight excluding hydrogens is 178 g/mol. The van der Waals surface area contributed by atoms with Crippen LogP contribution in [0.1, 0.15) is 41.0 Å². The molecule has 78 valence electrons. The molecule has 0 aliphatic carbocycles. The molecule has 0 radical (unpaired) electrons. The minimum absolute atomic E-state index is 0.764. The Morgan fingerprint density at radius 1 is 1.23 bits per heavy atom. The molecule has 0 aliphatic rings. The third kappa shape index (κ3) is 4.46. The molecule has 0 aromatic heterocycles. The zero-order chi connectivity index (χ0) is 10.4. The smallest absolute Gasteiger partial charge is 0.0539 e. The van der Waals surface area contributed by atoms with Crippen molar-refractivity contribution in [1.82, 2.24) is 0 Å². The summed E-state index contributed by atoms with van der Waals surface area (Å²) < 4.78 is 0. The van der Waals surface area contributed by atoms with Crippen LogP contribution in [0.3, 0.4) is 0 Å². The second-order valence-corrected chi connectivity index (χ2v) is 8.78. The highest BCUT2D eigenvalue weighted by molar-refractivity contribution is 6.65. The van der Waals surface area contributed by atoms with Gasteiger partial charge in [0.25, 0.3) is 0 Å². The Bertz CT molecular complexity index is 158. The number of hydrogen-bond donors (Lipinski definition) is 1. The van der Waals surface area contributed by atoms with Gasteiger partial charge in [0, 0.05) is 8.80 Å². The minimum Gasteiger partial charge on any atom is -0.411 e. The third-order valence-electron chi connectivity index (χ3n) is 2.73. The third-order valence-corrected chi connectivity index (χ3v) is 7.10. The molecule has 0 amide bonds. The summed E-state index contributed by atoms with van der Waals surface area (Å²) in [5.41, 5.74) is 2.57. The fourth-order valence-electron chi connectivity index (χ4n) is 1.77. The predicted octanol–water partition coefficient (Wildman–Crippen LogP) is 3.27. The average molecular weight is 201 g/mol. The highest BCUT2D eigenvalue weighted by Crippen LogP contribution is 2.24.